The second-order valence-electron chi connectivity index (χ2n) is 4.64. The van der Waals surface area contributed by atoms with Gasteiger partial charge in [0.1, 0.15) is 0 Å². The summed E-state index contributed by atoms with van der Waals surface area (Å²) in [5.74, 6) is 0. The van der Waals surface area contributed by atoms with Gasteiger partial charge in [0, 0.05) is 0 Å². The SMILES string of the molecule is Cc1cccc(C(Br)c2ccc(C)cc2C)c1. The van der Waals surface area contributed by atoms with Gasteiger partial charge in [0.05, 0.1) is 4.83 Å². The molecule has 0 aliphatic rings. The standard InChI is InChI=1S/C16H17Br/c1-11-5-4-6-14(10-11)16(17)15-8-7-12(2)9-13(15)3/h4-10,16H,1-3H3. The maximum Gasteiger partial charge on any atom is 0.0647 e. The van der Waals surface area contributed by atoms with Gasteiger partial charge in [-0.25, -0.2) is 0 Å². The van der Waals surface area contributed by atoms with Crippen molar-refractivity contribution in [3.05, 3.63) is 70.3 Å². The van der Waals surface area contributed by atoms with Crippen molar-refractivity contribution in [1.82, 2.24) is 0 Å². The van der Waals surface area contributed by atoms with E-state index in [0.29, 0.717) is 0 Å². The van der Waals surface area contributed by atoms with E-state index >= 15 is 0 Å². The third kappa shape index (κ3) is 2.78. The van der Waals surface area contributed by atoms with Crippen molar-refractivity contribution >= 4 is 15.9 Å². The first kappa shape index (κ1) is 12.4. The lowest BCUT2D eigenvalue weighted by molar-refractivity contribution is 1.13. The van der Waals surface area contributed by atoms with E-state index in [1.54, 1.807) is 0 Å². The average molecular weight is 289 g/mol. The monoisotopic (exact) mass is 288 g/mol. The molecule has 0 aliphatic heterocycles. The van der Waals surface area contributed by atoms with Gasteiger partial charge >= 0.3 is 0 Å². The van der Waals surface area contributed by atoms with Crippen LogP contribution in [0.2, 0.25) is 0 Å². The lowest BCUT2D eigenvalue weighted by Crippen LogP contribution is -1.96. The average Bonchev–Trinajstić information content (AvgIpc) is 2.28. The molecule has 0 radical (unpaired) electrons. The van der Waals surface area contributed by atoms with Gasteiger partial charge in [0.25, 0.3) is 0 Å². The number of hydrogen-bond acceptors (Lipinski definition) is 0. The molecule has 0 amide bonds. The van der Waals surface area contributed by atoms with Crippen molar-refractivity contribution in [3.63, 3.8) is 0 Å². The lowest BCUT2D eigenvalue weighted by atomic mass is 9.98. The predicted molar refractivity (Wildman–Crippen MR) is 77.9 cm³/mol. The summed E-state index contributed by atoms with van der Waals surface area (Å²) in [5.41, 5.74) is 6.62. The molecule has 1 heteroatoms. The Hall–Kier alpha value is -1.08. The first-order valence-corrected chi connectivity index (χ1v) is 6.77. The minimum absolute atomic E-state index is 0.281. The summed E-state index contributed by atoms with van der Waals surface area (Å²) in [6, 6.07) is 15.3. The molecular formula is C16H17Br. The van der Waals surface area contributed by atoms with E-state index in [-0.39, 0.29) is 4.83 Å². The topological polar surface area (TPSA) is 0 Å². The Balaban J connectivity index is 2.40. The number of aryl methyl sites for hydroxylation is 3. The molecule has 0 saturated heterocycles. The highest BCUT2D eigenvalue weighted by Crippen LogP contribution is 2.33. The zero-order chi connectivity index (χ0) is 12.4. The molecule has 0 fully saturated rings. The van der Waals surface area contributed by atoms with Gasteiger partial charge in [-0.05, 0) is 37.5 Å². The van der Waals surface area contributed by atoms with Crippen LogP contribution in [0, 0.1) is 20.8 Å². The van der Waals surface area contributed by atoms with Gasteiger partial charge in [-0.2, -0.15) is 0 Å². The number of benzene rings is 2. The smallest absolute Gasteiger partial charge is 0.0647 e. The van der Waals surface area contributed by atoms with Crippen LogP contribution in [0.3, 0.4) is 0 Å². The van der Waals surface area contributed by atoms with Crippen LogP contribution in [-0.4, -0.2) is 0 Å². The molecule has 0 saturated carbocycles. The van der Waals surface area contributed by atoms with Gasteiger partial charge < -0.3 is 0 Å². The van der Waals surface area contributed by atoms with Crippen molar-refractivity contribution in [2.45, 2.75) is 25.6 Å². The second kappa shape index (κ2) is 5.05. The summed E-state index contributed by atoms with van der Waals surface area (Å²) < 4.78 is 0. The van der Waals surface area contributed by atoms with Crippen LogP contribution in [0.15, 0.2) is 42.5 Å². The van der Waals surface area contributed by atoms with Crippen molar-refractivity contribution in [2.24, 2.45) is 0 Å². The zero-order valence-electron chi connectivity index (χ0n) is 10.5. The van der Waals surface area contributed by atoms with E-state index in [1.165, 1.54) is 27.8 Å². The summed E-state index contributed by atoms with van der Waals surface area (Å²) >= 11 is 3.80. The molecule has 0 nitrogen and oxygen atoms in total. The highest BCUT2D eigenvalue weighted by Gasteiger charge is 2.12. The molecule has 0 N–H and O–H groups in total. The van der Waals surface area contributed by atoms with E-state index in [1.807, 2.05) is 0 Å². The van der Waals surface area contributed by atoms with Crippen LogP contribution in [-0.2, 0) is 0 Å². The van der Waals surface area contributed by atoms with Crippen molar-refractivity contribution < 1.29 is 0 Å². The fraction of sp³-hybridized carbons (Fsp3) is 0.250. The molecule has 0 spiro atoms. The Morgan fingerprint density at radius 3 is 2.24 bits per heavy atom. The normalized spacial score (nSPS) is 12.5. The van der Waals surface area contributed by atoms with Crippen LogP contribution in [0.25, 0.3) is 0 Å². The van der Waals surface area contributed by atoms with Crippen LogP contribution in [0.5, 0.6) is 0 Å². The third-order valence-corrected chi connectivity index (χ3v) is 4.06. The van der Waals surface area contributed by atoms with E-state index in [4.69, 9.17) is 0 Å². The highest BCUT2D eigenvalue weighted by molar-refractivity contribution is 9.09. The number of halogens is 1. The Morgan fingerprint density at radius 1 is 0.882 bits per heavy atom. The maximum absolute atomic E-state index is 3.80. The van der Waals surface area contributed by atoms with E-state index < -0.39 is 0 Å². The van der Waals surface area contributed by atoms with E-state index in [9.17, 15) is 0 Å². The summed E-state index contributed by atoms with van der Waals surface area (Å²) in [6.07, 6.45) is 0. The quantitative estimate of drug-likeness (QED) is 0.675. The molecule has 1 atom stereocenters. The maximum atomic E-state index is 3.80. The van der Waals surface area contributed by atoms with Gasteiger partial charge in [-0.15, -0.1) is 0 Å². The first-order valence-electron chi connectivity index (χ1n) is 5.85. The zero-order valence-corrected chi connectivity index (χ0v) is 12.1. The van der Waals surface area contributed by atoms with Crippen LogP contribution >= 0.6 is 15.9 Å². The van der Waals surface area contributed by atoms with Crippen LogP contribution in [0.1, 0.15) is 32.6 Å². The molecule has 1 unspecified atom stereocenters. The molecule has 2 aromatic rings. The minimum Gasteiger partial charge on any atom is -0.0786 e. The Kier molecular flexibility index (Phi) is 3.68. The molecular weight excluding hydrogens is 272 g/mol. The first-order chi connectivity index (χ1) is 8.08. The van der Waals surface area contributed by atoms with Crippen molar-refractivity contribution in [1.29, 1.82) is 0 Å². The Morgan fingerprint density at radius 2 is 1.59 bits per heavy atom. The third-order valence-electron chi connectivity index (χ3n) is 3.03. The van der Waals surface area contributed by atoms with Crippen molar-refractivity contribution in [3.8, 4) is 0 Å². The summed E-state index contributed by atoms with van der Waals surface area (Å²) in [7, 11) is 0. The molecule has 17 heavy (non-hydrogen) atoms. The van der Waals surface area contributed by atoms with E-state index in [2.05, 4.69) is 79.2 Å². The van der Waals surface area contributed by atoms with Crippen molar-refractivity contribution in [2.75, 3.05) is 0 Å². The Labute approximate surface area is 112 Å². The number of alkyl halides is 1. The van der Waals surface area contributed by atoms with Gasteiger partial charge in [0.2, 0.25) is 0 Å². The highest BCUT2D eigenvalue weighted by atomic mass is 79.9. The fourth-order valence-electron chi connectivity index (χ4n) is 2.12. The minimum atomic E-state index is 0.281. The molecule has 0 aliphatic carbocycles. The molecule has 2 aromatic carbocycles. The van der Waals surface area contributed by atoms with E-state index in [0.717, 1.165) is 0 Å². The summed E-state index contributed by atoms with van der Waals surface area (Å²) in [5, 5.41) is 0. The van der Waals surface area contributed by atoms with Crippen LogP contribution in [0.4, 0.5) is 0 Å². The predicted octanol–water partition coefficient (Wildman–Crippen LogP) is 5.10. The number of hydrogen-bond donors (Lipinski definition) is 0. The largest absolute Gasteiger partial charge is 0.0786 e. The van der Waals surface area contributed by atoms with Gasteiger partial charge in [0.15, 0.2) is 0 Å². The van der Waals surface area contributed by atoms with Crippen LogP contribution < -0.4 is 0 Å². The molecule has 0 bridgehead atoms. The lowest BCUT2D eigenvalue weighted by Gasteiger charge is -2.14. The summed E-state index contributed by atoms with van der Waals surface area (Å²) in [6.45, 7) is 6.43. The molecule has 88 valence electrons. The number of rotatable bonds is 2. The molecule has 0 aromatic heterocycles. The Bertz CT molecular complexity index is 529. The fourth-order valence-corrected chi connectivity index (χ4v) is 2.92. The molecule has 0 heterocycles. The van der Waals surface area contributed by atoms with Gasteiger partial charge in [-0.3, -0.25) is 0 Å². The van der Waals surface area contributed by atoms with Gasteiger partial charge in [-0.1, -0.05) is 69.5 Å². The molecule has 2 rings (SSSR count). The summed E-state index contributed by atoms with van der Waals surface area (Å²) in [4.78, 5) is 0.281. The second-order valence-corrected chi connectivity index (χ2v) is 5.55.